The maximum absolute atomic E-state index is 12.1. The predicted molar refractivity (Wildman–Crippen MR) is 70.9 cm³/mol. The van der Waals surface area contributed by atoms with Crippen molar-refractivity contribution in [2.45, 2.75) is 51.6 Å². The number of oxazole rings is 1. The normalized spacial score (nSPS) is 14.1. The minimum Gasteiger partial charge on any atom is -0.464 e. The monoisotopic (exact) mass is 280 g/mol. The second-order valence-electron chi connectivity index (χ2n) is 4.97. The molecule has 1 fully saturated rings. The van der Waals surface area contributed by atoms with Crippen LogP contribution in [0.3, 0.4) is 0 Å². The van der Waals surface area contributed by atoms with Crippen LogP contribution in [0.1, 0.15) is 55.4 Å². The number of carbonyl (C=O) groups is 2. The molecule has 0 N–H and O–H groups in total. The summed E-state index contributed by atoms with van der Waals surface area (Å²) in [6.45, 7) is 2.38. The zero-order chi connectivity index (χ0) is 14.5. The molecule has 20 heavy (non-hydrogen) atoms. The number of hydrogen-bond acceptors (Lipinski definition) is 5. The van der Waals surface area contributed by atoms with Crippen molar-refractivity contribution in [2.24, 2.45) is 0 Å². The Bertz CT molecular complexity index is 479. The minimum absolute atomic E-state index is 0.132. The Morgan fingerprint density at radius 3 is 2.85 bits per heavy atom. The summed E-state index contributed by atoms with van der Waals surface area (Å²) in [5.41, 5.74) is 0.138. The van der Waals surface area contributed by atoms with E-state index in [1.165, 1.54) is 13.4 Å². The zero-order valence-electron chi connectivity index (χ0n) is 11.9. The summed E-state index contributed by atoms with van der Waals surface area (Å²) in [5, 5.41) is 0. The number of ether oxygens (including phenoxy) is 1. The molecular weight excluding hydrogens is 260 g/mol. The van der Waals surface area contributed by atoms with Gasteiger partial charge in [-0.15, -0.1) is 0 Å². The fourth-order valence-electron chi connectivity index (χ4n) is 2.01. The third-order valence-electron chi connectivity index (χ3n) is 3.30. The molecule has 1 aromatic heterocycles. The van der Waals surface area contributed by atoms with Crippen molar-refractivity contribution in [3.05, 3.63) is 17.8 Å². The standard InChI is InChI=1S/C14H20N2O4/c1-3-4-5-13(17)16(10-6-7-10)8-12-15-11(9-20-12)14(18)19-2/h9-10H,3-8H2,1-2H3. The first-order valence-electron chi connectivity index (χ1n) is 6.98. The van der Waals surface area contributed by atoms with Crippen LogP contribution in [-0.2, 0) is 16.1 Å². The maximum Gasteiger partial charge on any atom is 0.360 e. The van der Waals surface area contributed by atoms with Gasteiger partial charge in [0.25, 0.3) is 0 Å². The summed E-state index contributed by atoms with van der Waals surface area (Å²) in [7, 11) is 1.29. The molecule has 1 aliphatic carbocycles. The van der Waals surface area contributed by atoms with E-state index in [9.17, 15) is 9.59 Å². The molecule has 0 aliphatic heterocycles. The first-order chi connectivity index (χ1) is 9.65. The van der Waals surface area contributed by atoms with Gasteiger partial charge in [-0.3, -0.25) is 4.79 Å². The van der Waals surface area contributed by atoms with Crippen LogP contribution in [0.15, 0.2) is 10.7 Å². The van der Waals surface area contributed by atoms with E-state index >= 15 is 0 Å². The molecule has 110 valence electrons. The van der Waals surface area contributed by atoms with E-state index in [1.807, 2.05) is 4.90 Å². The fourth-order valence-corrected chi connectivity index (χ4v) is 2.01. The van der Waals surface area contributed by atoms with Crippen molar-refractivity contribution in [3.8, 4) is 0 Å². The van der Waals surface area contributed by atoms with Gasteiger partial charge in [0.2, 0.25) is 11.8 Å². The van der Waals surface area contributed by atoms with Crippen LogP contribution >= 0.6 is 0 Å². The number of unbranched alkanes of at least 4 members (excludes halogenated alkanes) is 1. The number of rotatable bonds is 7. The Morgan fingerprint density at radius 1 is 1.50 bits per heavy atom. The fraction of sp³-hybridized carbons (Fsp3) is 0.643. The lowest BCUT2D eigenvalue weighted by Crippen LogP contribution is -2.32. The summed E-state index contributed by atoms with van der Waals surface area (Å²) in [4.78, 5) is 29.3. The average molecular weight is 280 g/mol. The van der Waals surface area contributed by atoms with Gasteiger partial charge in [-0.25, -0.2) is 9.78 Å². The van der Waals surface area contributed by atoms with E-state index in [0.717, 1.165) is 25.7 Å². The Morgan fingerprint density at radius 2 is 2.25 bits per heavy atom. The first-order valence-corrected chi connectivity index (χ1v) is 6.98. The molecule has 0 aromatic carbocycles. The van der Waals surface area contributed by atoms with Crippen LogP contribution in [0.5, 0.6) is 0 Å². The average Bonchev–Trinajstić information content (AvgIpc) is 3.19. The summed E-state index contributed by atoms with van der Waals surface area (Å²) in [5.74, 6) is -0.0235. The number of nitrogens with zero attached hydrogens (tertiary/aromatic N) is 2. The number of esters is 1. The summed E-state index contributed by atoms with van der Waals surface area (Å²) in [6, 6.07) is 0.299. The number of amides is 1. The van der Waals surface area contributed by atoms with Crippen molar-refractivity contribution in [2.75, 3.05) is 7.11 Å². The van der Waals surface area contributed by atoms with Gasteiger partial charge in [-0.05, 0) is 19.3 Å². The SMILES string of the molecule is CCCCC(=O)N(Cc1nc(C(=O)OC)co1)C1CC1. The second-order valence-corrected chi connectivity index (χ2v) is 4.97. The molecule has 1 aliphatic rings. The van der Waals surface area contributed by atoms with E-state index in [1.54, 1.807) is 0 Å². The molecule has 1 aromatic rings. The molecule has 2 rings (SSSR count). The highest BCUT2D eigenvalue weighted by molar-refractivity contribution is 5.86. The molecule has 0 bridgehead atoms. The third kappa shape index (κ3) is 3.59. The number of methoxy groups -OCH3 is 1. The number of aromatic nitrogens is 1. The highest BCUT2D eigenvalue weighted by Crippen LogP contribution is 2.29. The lowest BCUT2D eigenvalue weighted by atomic mass is 10.2. The largest absolute Gasteiger partial charge is 0.464 e. The lowest BCUT2D eigenvalue weighted by molar-refractivity contribution is -0.132. The molecule has 0 unspecified atom stereocenters. The second kappa shape index (κ2) is 6.54. The number of carbonyl (C=O) groups excluding carboxylic acids is 2. The van der Waals surface area contributed by atoms with Crippen molar-refractivity contribution < 1.29 is 18.7 Å². The van der Waals surface area contributed by atoms with E-state index in [2.05, 4.69) is 16.6 Å². The Kier molecular flexibility index (Phi) is 4.76. The molecule has 6 nitrogen and oxygen atoms in total. The first kappa shape index (κ1) is 14.6. The van der Waals surface area contributed by atoms with Crippen LogP contribution in [0, 0.1) is 0 Å². The van der Waals surface area contributed by atoms with E-state index in [0.29, 0.717) is 24.9 Å². The number of hydrogen-bond donors (Lipinski definition) is 0. The Balaban J connectivity index is 1.99. The van der Waals surface area contributed by atoms with Crippen LogP contribution < -0.4 is 0 Å². The van der Waals surface area contributed by atoms with Gasteiger partial charge in [0, 0.05) is 12.5 Å². The van der Waals surface area contributed by atoms with Gasteiger partial charge in [-0.2, -0.15) is 0 Å². The van der Waals surface area contributed by atoms with Crippen LogP contribution in [-0.4, -0.2) is 34.9 Å². The van der Waals surface area contributed by atoms with Gasteiger partial charge in [0.05, 0.1) is 13.7 Å². The quantitative estimate of drug-likeness (QED) is 0.715. The minimum atomic E-state index is -0.532. The van der Waals surface area contributed by atoms with Crippen molar-refractivity contribution in [1.82, 2.24) is 9.88 Å². The van der Waals surface area contributed by atoms with Gasteiger partial charge in [-0.1, -0.05) is 13.3 Å². The Labute approximate surface area is 118 Å². The van der Waals surface area contributed by atoms with Crippen molar-refractivity contribution >= 4 is 11.9 Å². The van der Waals surface area contributed by atoms with Crippen molar-refractivity contribution in [3.63, 3.8) is 0 Å². The van der Waals surface area contributed by atoms with Gasteiger partial charge in [0.1, 0.15) is 6.26 Å². The predicted octanol–water partition coefficient (Wildman–Crippen LogP) is 2.14. The molecule has 0 saturated heterocycles. The highest BCUT2D eigenvalue weighted by Gasteiger charge is 2.33. The van der Waals surface area contributed by atoms with Crippen LogP contribution in [0.25, 0.3) is 0 Å². The van der Waals surface area contributed by atoms with Crippen LogP contribution in [0.2, 0.25) is 0 Å². The Hall–Kier alpha value is -1.85. The van der Waals surface area contributed by atoms with Gasteiger partial charge in [0.15, 0.2) is 5.69 Å². The molecule has 1 heterocycles. The molecule has 1 amide bonds. The third-order valence-corrected chi connectivity index (χ3v) is 3.30. The van der Waals surface area contributed by atoms with Crippen LogP contribution in [0.4, 0.5) is 0 Å². The molecule has 0 spiro atoms. The molecule has 0 atom stereocenters. The molecular formula is C14H20N2O4. The zero-order valence-corrected chi connectivity index (χ0v) is 11.9. The topological polar surface area (TPSA) is 72.6 Å². The van der Waals surface area contributed by atoms with Crippen molar-refractivity contribution in [1.29, 1.82) is 0 Å². The summed E-state index contributed by atoms with van der Waals surface area (Å²) < 4.78 is 9.82. The van der Waals surface area contributed by atoms with E-state index in [-0.39, 0.29) is 11.6 Å². The lowest BCUT2D eigenvalue weighted by Gasteiger charge is -2.20. The summed E-state index contributed by atoms with van der Waals surface area (Å²) >= 11 is 0. The molecule has 6 heteroatoms. The summed E-state index contributed by atoms with van der Waals surface area (Å²) in [6.07, 6.45) is 5.77. The highest BCUT2D eigenvalue weighted by atomic mass is 16.5. The maximum atomic E-state index is 12.1. The molecule has 1 saturated carbocycles. The van der Waals surface area contributed by atoms with E-state index in [4.69, 9.17) is 4.42 Å². The molecule has 0 radical (unpaired) electrons. The smallest absolute Gasteiger partial charge is 0.360 e. The van der Waals surface area contributed by atoms with E-state index < -0.39 is 5.97 Å². The van der Waals surface area contributed by atoms with Gasteiger partial charge >= 0.3 is 5.97 Å². The van der Waals surface area contributed by atoms with Gasteiger partial charge < -0.3 is 14.1 Å².